The zero-order chi connectivity index (χ0) is 23.5. The summed E-state index contributed by atoms with van der Waals surface area (Å²) in [5.41, 5.74) is 8.28. The third kappa shape index (κ3) is 4.50. The molecule has 0 saturated carbocycles. The van der Waals surface area contributed by atoms with Gasteiger partial charge in [0.25, 0.3) is 0 Å². The Morgan fingerprint density at radius 2 is 1.41 bits per heavy atom. The molecule has 0 aromatic heterocycles. The molecule has 6 rings (SSSR count). The predicted octanol–water partition coefficient (Wildman–Crippen LogP) is 8.47. The first-order chi connectivity index (χ1) is 16.6. The maximum atomic E-state index is 2.36. The fraction of sp³-hybridized carbons (Fsp3) is 0.0909. The summed E-state index contributed by atoms with van der Waals surface area (Å²) in [7, 11) is 0. The second kappa shape index (κ2) is 10.1. The Morgan fingerprint density at radius 3 is 2.03 bits per heavy atom. The van der Waals surface area contributed by atoms with Crippen LogP contribution < -0.4 is 0 Å². The van der Waals surface area contributed by atoms with Gasteiger partial charge in [-0.2, -0.15) is 0 Å². The van der Waals surface area contributed by atoms with Crippen molar-refractivity contribution in [2.45, 2.75) is 20.3 Å². The Labute approximate surface area is 217 Å². The van der Waals surface area contributed by atoms with Gasteiger partial charge in [0, 0.05) is 0 Å². The molecule has 34 heavy (non-hydrogen) atoms. The average molecular weight is 515 g/mol. The molecule has 0 amide bonds. The minimum atomic E-state index is 1.06. The molecule has 1 heteroatoms. The number of benzene rings is 4. The van der Waals surface area contributed by atoms with Crippen molar-refractivity contribution in [3.05, 3.63) is 143 Å². The van der Waals surface area contributed by atoms with Crippen LogP contribution in [0.1, 0.15) is 34.2 Å². The number of rotatable bonds is 3. The van der Waals surface area contributed by atoms with Crippen molar-refractivity contribution in [2.24, 2.45) is 0 Å². The summed E-state index contributed by atoms with van der Waals surface area (Å²) in [5.74, 6) is 0. The second-order valence-electron chi connectivity index (χ2n) is 8.83. The van der Waals surface area contributed by atoms with Gasteiger partial charge in [0.2, 0.25) is 0 Å². The molecule has 0 spiro atoms. The number of aryl methyl sites for hydroxylation is 2. The summed E-state index contributed by atoms with van der Waals surface area (Å²) in [6.07, 6.45) is 7.72. The van der Waals surface area contributed by atoms with Crippen LogP contribution >= 0.6 is 0 Å². The van der Waals surface area contributed by atoms with E-state index in [1.165, 1.54) is 82.4 Å². The van der Waals surface area contributed by atoms with E-state index in [0.717, 1.165) is 6.42 Å². The molecule has 0 radical (unpaired) electrons. The van der Waals surface area contributed by atoms with E-state index in [0.29, 0.717) is 0 Å². The summed E-state index contributed by atoms with van der Waals surface area (Å²) < 4.78 is 1.42. The number of allylic oxidation sites excluding steroid dienone is 4. The molecule has 0 atom stereocenters. The van der Waals surface area contributed by atoms with E-state index in [1.54, 1.807) is 0 Å². The molecule has 5 aromatic rings. The van der Waals surface area contributed by atoms with Crippen molar-refractivity contribution in [3.63, 3.8) is 0 Å². The van der Waals surface area contributed by atoms with E-state index in [9.17, 15) is 0 Å². The van der Waals surface area contributed by atoms with Crippen LogP contribution in [-0.2, 0) is 24.2 Å². The van der Waals surface area contributed by atoms with Crippen molar-refractivity contribution >= 4 is 30.3 Å². The van der Waals surface area contributed by atoms with Gasteiger partial charge in [-0.15, -0.1) is 33.7 Å². The molecule has 0 saturated heterocycles. The Balaban J connectivity index is 0.000000152. The first-order valence-corrected chi connectivity index (χ1v) is 13.0. The molecular weight excluding hydrogens is 488 g/mol. The summed E-state index contributed by atoms with van der Waals surface area (Å²) in [4.78, 5) is 0. The molecule has 0 N–H and O–H groups in total. The maximum absolute atomic E-state index is 2.36. The van der Waals surface area contributed by atoms with Crippen LogP contribution in [0.5, 0.6) is 0 Å². The summed E-state index contributed by atoms with van der Waals surface area (Å²) >= 11 is 1.46. The molecule has 1 aliphatic rings. The van der Waals surface area contributed by atoms with Gasteiger partial charge in [-0.3, -0.25) is 0 Å². The third-order valence-corrected chi connectivity index (χ3v) is 7.96. The van der Waals surface area contributed by atoms with Crippen molar-refractivity contribution in [1.29, 1.82) is 0 Å². The molecule has 0 heterocycles. The first kappa shape index (κ1) is 22.8. The van der Waals surface area contributed by atoms with Gasteiger partial charge < -0.3 is 0 Å². The molecule has 164 valence electrons. The molecule has 0 bridgehead atoms. The van der Waals surface area contributed by atoms with Gasteiger partial charge in [-0.1, -0.05) is 64.8 Å². The Morgan fingerprint density at radius 1 is 0.735 bits per heavy atom. The molecule has 0 unspecified atom stereocenters. The van der Waals surface area contributed by atoms with Crippen molar-refractivity contribution in [1.82, 2.24) is 0 Å². The summed E-state index contributed by atoms with van der Waals surface area (Å²) in [6, 6.07) is 34.6. The van der Waals surface area contributed by atoms with Gasteiger partial charge in [0.05, 0.1) is 0 Å². The van der Waals surface area contributed by atoms with Crippen LogP contribution in [0, 0.1) is 13.8 Å². The van der Waals surface area contributed by atoms with Crippen molar-refractivity contribution < 1.29 is 24.2 Å². The fourth-order valence-electron chi connectivity index (χ4n) is 4.87. The number of hydrogen-bond acceptors (Lipinski definition) is 0. The number of hydrogen-bond donors (Lipinski definition) is 0. The van der Waals surface area contributed by atoms with Crippen LogP contribution in [0.4, 0.5) is 0 Å². The van der Waals surface area contributed by atoms with Crippen LogP contribution in [0.3, 0.4) is 0 Å². The van der Waals surface area contributed by atoms with E-state index in [4.69, 9.17) is 0 Å². The quantitative estimate of drug-likeness (QED) is 0.212. The Hall–Kier alpha value is -3.02. The molecular formula is C33H27Zr-. The zero-order valence-corrected chi connectivity index (χ0v) is 22.1. The normalized spacial score (nSPS) is 12.4. The van der Waals surface area contributed by atoms with Gasteiger partial charge in [0.1, 0.15) is 0 Å². The van der Waals surface area contributed by atoms with E-state index >= 15 is 0 Å². The van der Waals surface area contributed by atoms with Gasteiger partial charge in [-0.25, -0.2) is 0 Å². The summed E-state index contributed by atoms with van der Waals surface area (Å²) in [6.45, 7) is 4.43. The van der Waals surface area contributed by atoms with E-state index in [2.05, 4.69) is 129 Å². The van der Waals surface area contributed by atoms with Crippen LogP contribution in [-0.4, -0.2) is 3.21 Å². The van der Waals surface area contributed by atoms with E-state index < -0.39 is 0 Å². The van der Waals surface area contributed by atoms with Gasteiger partial charge >= 0.3 is 99.2 Å². The first-order valence-electron chi connectivity index (χ1n) is 11.8. The average Bonchev–Trinajstić information content (AvgIpc) is 3.54. The van der Waals surface area contributed by atoms with E-state index in [-0.39, 0.29) is 0 Å². The second-order valence-corrected chi connectivity index (χ2v) is 10.1. The Bertz CT molecular complexity index is 1490. The standard InChI is InChI=1S/C20H17.C13H10.Zr/c1-13-6-5-9-16-12-18-17(20(13)16)11-10-14(2)19(18)15-7-3-4-8-15;1-3-7-12(8-4-1)11-13-9-5-2-6-10-13;/h3-7,9-12H,8H2,1-2H3;1-10H;/q-1;;. The minimum absolute atomic E-state index is 1.06. The number of fused-ring (bicyclic) bond motifs is 3. The van der Waals surface area contributed by atoms with Crippen molar-refractivity contribution in [3.8, 4) is 0 Å². The van der Waals surface area contributed by atoms with Crippen LogP contribution in [0.15, 0.2) is 115 Å². The molecule has 0 aliphatic heterocycles. The molecule has 0 fully saturated rings. The molecule has 1 aliphatic carbocycles. The van der Waals surface area contributed by atoms with E-state index in [1.807, 2.05) is 0 Å². The topological polar surface area (TPSA) is 0 Å². The summed E-state index contributed by atoms with van der Waals surface area (Å²) in [5, 5.41) is 5.57. The van der Waals surface area contributed by atoms with Gasteiger partial charge in [-0.05, 0) is 20.3 Å². The SMILES string of the molecule is Cc1ccc2c([cH-]c3cccc(C)c32)c1C1=CC=CC1.[Zr]=[C](c1ccccc1)c1ccccc1. The predicted molar refractivity (Wildman–Crippen MR) is 144 cm³/mol. The van der Waals surface area contributed by atoms with Crippen molar-refractivity contribution in [2.75, 3.05) is 0 Å². The molecule has 5 aromatic carbocycles. The van der Waals surface area contributed by atoms with Gasteiger partial charge in [0.15, 0.2) is 0 Å². The fourth-order valence-corrected chi connectivity index (χ4v) is 5.69. The van der Waals surface area contributed by atoms with Crippen LogP contribution in [0.25, 0.3) is 27.1 Å². The monoisotopic (exact) mass is 513 g/mol. The van der Waals surface area contributed by atoms with Crippen LogP contribution in [0.2, 0.25) is 0 Å². The molecule has 0 nitrogen and oxygen atoms in total. The zero-order valence-electron chi connectivity index (χ0n) is 19.7. The Kier molecular flexibility index (Phi) is 6.75. The third-order valence-electron chi connectivity index (χ3n) is 6.55.